The minimum atomic E-state index is -0.315. The first-order valence-corrected chi connectivity index (χ1v) is 7.77. The molecule has 6 nitrogen and oxygen atoms in total. The van der Waals surface area contributed by atoms with Crippen molar-refractivity contribution < 1.29 is 19.0 Å². The van der Waals surface area contributed by atoms with E-state index in [0.717, 1.165) is 4.47 Å². The zero-order valence-corrected chi connectivity index (χ0v) is 15.1. The first-order chi connectivity index (χ1) is 11.6. The average Bonchev–Trinajstić information content (AvgIpc) is 2.61. The van der Waals surface area contributed by atoms with Crippen LogP contribution < -0.4 is 19.6 Å². The molecule has 0 heterocycles. The monoisotopic (exact) mass is 392 g/mol. The number of hydrogen-bond donors (Lipinski definition) is 1. The normalized spacial score (nSPS) is 10.5. The molecule has 0 saturated carbocycles. The number of halogens is 1. The maximum Gasteiger partial charge on any atom is 0.271 e. The van der Waals surface area contributed by atoms with Gasteiger partial charge in [0.2, 0.25) is 0 Å². The van der Waals surface area contributed by atoms with Crippen molar-refractivity contribution in [1.29, 1.82) is 0 Å². The third kappa shape index (κ3) is 4.26. The van der Waals surface area contributed by atoms with Crippen LogP contribution in [0, 0.1) is 0 Å². The van der Waals surface area contributed by atoms with Crippen LogP contribution in [0.3, 0.4) is 0 Å². The molecule has 0 fully saturated rings. The summed E-state index contributed by atoms with van der Waals surface area (Å²) in [6.07, 6.45) is 1.47. The van der Waals surface area contributed by atoms with E-state index >= 15 is 0 Å². The quantitative estimate of drug-likeness (QED) is 0.605. The number of benzene rings is 2. The molecule has 0 unspecified atom stereocenters. The number of hydrogen-bond acceptors (Lipinski definition) is 5. The fraction of sp³-hybridized carbons (Fsp3) is 0.176. The van der Waals surface area contributed by atoms with Crippen molar-refractivity contribution in [1.82, 2.24) is 5.43 Å². The summed E-state index contributed by atoms with van der Waals surface area (Å²) >= 11 is 3.32. The van der Waals surface area contributed by atoms with Gasteiger partial charge in [0.05, 0.1) is 33.1 Å². The Labute approximate surface area is 148 Å². The summed E-state index contributed by atoms with van der Waals surface area (Å²) in [6.45, 7) is 0. The zero-order chi connectivity index (χ0) is 17.5. The van der Waals surface area contributed by atoms with Crippen molar-refractivity contribution in [3.8, 4) is 17.2 Å². The average molecular weight is 393 g/mol. The Morgan fingerprint density at radius 1 is 1.04 bits per heavy atom. The number of methoxy groups -OCH3 is 3. The van der Waals surface area contributed by atoms with Crippen molar-refractivity contribution in [3.05, 3.63) is 52.0 Å². The summed E-state index contributed by atoms with van der Waals surface area (Å²) < 4.78 is 16.7. The van der Waals surface area contributed by atoms with Crippen LogP contribution in [0.15, 0.2) is 46.0 Å². The van der Waals surface area contributed by atoms with Gasteiger partial charge >= 0.3 is 0 Å². The van der Waals surface area contributed by atoms with E-state index in [1.807, 2.05) is 0 Å². The second-order valence-corrected chi connectivity index (χ2v) is 5.57. The van der Waals surface area contributed by atoms with Crippen LogP contribution >= 0.6 is 15.9 Å². The molecule has 0 atom stereocenters. The Hall–Kier alpha value is -2.54. The number of nitrogens with one attached hydrogen (secondary N) is 1. The van der Waals surface area contributed by atoms with Crippen LogP contribution in [0.5, 0.6) is 17.2 Å². The molecular weight excluding hydrogens is 376 g/mol. The van der Waals surface area contributed by atoms with E-state index in [0.29, 0.717) is 28.4 Å². The van der Waals surface area contributed by atoms with E-state index in [2.05, 4.69) is 26.5 Å². The standard InChI is InChI=1S/C17H17BrN2O4/c1-22-13-8-15(23-2)14(16(9-13)24-3)10-19-20-17(21)11-4-6-12(18)7-5-11/h4-10H,1-3H3,(H,20,21)/b19-10+. The lowest BCUT2D eigenvalue weighted by Gasteiger charge is -2.12. The number of hydrazone groups is 1. The van der Waals surface area contributed by atoms with E-state index in [9.17, 15) is 4.79 Å². The number of carbonyl (C=O) groups is 1. The van der Waals surface area contributed by atoms with Crippen molar-refractivity contribution in [3.63, 3.8) is 0 Å². The highest BCUT2D eigenvalue weighted by atomic mass is 79.9. The fourth-order valence-corrected chi connectivity index (χ4v) is 2.25. The molecule has 0 aromatic heterocycles. The molecule has 2 aromatic carbocycles. The van der Waals surface area contributed by atoms with Crippen LogP contribution in [0.25, 0.3) is 0 Å². The van der Waals surface area contributed by atoms with Crippen molar-refractivity contribution in [2.75, 3.05) is 21.3 Å². The number of amides is 1. The second-order valence-electron chi connectivity index (χ2n) is 4.65. The van der Waals surface area contributed by atoms with E-state index < -0.39 is 0 Å². The molecule has 0 aliphatic heterocycles. The Bertz CT molecular complexity index is 720. The van der Waals surface area contributed by atoms with Crippen molar-refractivity contribution in [2.24, 2.45) is 5.10 Å². The molecule has 1 N–H and O–H groups in total. The van der Waals surface area contributed by atoms with Crippen molar-refractivity contribution >= 4 is 28.1 Å². The van der Waals surface area contributed by atoms with Gasteiger partial charge in [-0.25, -0.2) is 5.43 Å². The van der Waals surface area contributed by atoms with Gasteiger partial charge in [0.15, 0.2) is 0 Å². The third-order valence-corrected chi connectivity index (χ3v) is 3.75. The van der Waals surface area contributed by atoms with Crippen LogP contribution in [-0.4, -0.2) is 33.5 Å². The van der Waals surface area contributed by atoms with E-state index in [4.69, 9.17) is 14.2 Å². The molecule has 2 rings (SSSR count). The smallest absolute Gasteiger partial charge is 0.271 e. The summed E-state index contributed by atoms with van der Waals surface area (Å²) in [7, 11) is 4.62. The summed E-state index contributed by atoms with van der Waals surface area (Å²) in [5, 5.41) is 3.98. The molecule has 2 aromatic rings. The van der Waals surface area contributed by atoms with Gasteiger partial charge in [0.1, 0.15) is 17.2 Å². The first-order valence-electron chi connectivity index (χ1n) is 6.98. The molecule has 0 radical (unpaired) electrons. The van der Waals surface area contributed by atoms with Gasteiger partial charge in [-0.2, -0.15) is 5.10 Å². The number of ether oxygens (including phenoxy) is 3. The van der Waals surface area contributed by atoms with Gasteiger partial charge in [0.25, 0.3) is 5.91 Å². The molecule has 0 aliphatic carbocycles. The highest BCUT2D eigenvalue weighted by Gasteiger charge is 2.11. The van der Waals surface area contributed by atoms with Gasteiger partial charge in [-0.15, -0.1) is 0 Å². The van der Waals surface area contributed by atoms with Gasteiger partial charge in [-0.1, -0.05) is 15.9 Å². The van der Waals surface area contributed by atoms with E-state index in [1.54, 1.807) is 43.5 Å². The summed E-state index contributed by atoms with van der Waals surface area (Å²) in [5.41, 5.74) is 3.57. The molecule has 126 valence electrons. The minimum absolute atomic E-state index is 0.315. The lowest BCUT2D eigenvalue weighted by atomic mass is 10.2. The maximum atomic E-state index is 12.0. The number of rotatable bonds is 6. The Morgan fingerprint density at radius 2 is 1.62 bits per heavy atom. The fourth-order valence-electron chi connectivity index (χ4n) is 1.98. The molecular formula is C17H17BrN2O4. The molecule has 0 aliphatic rings. The highest BCUT2D eigenvalue weighted by Crippen LogP contribution is 2.32. The van der Waals surface area contributed by atoms with Gasteiger partial charge < -0.3 is 14.2 Å². The van der Waals surface area contributed by atoms with Crippen molar-refractivity contribution in [2.45, 2.75) is 0 Å². The highest BCUT2D eigenvalue weighted by molar-refractivity contribution is 9.10. The molecule has 24 heavy (non-hydrogen) atoms. The minimum Gasteiger partial charge on any atom is -0.496 e. The third-order valence-electron chi connectivity index (χ3n) is 3.22. The van der Waals surface area contributed by atoms with Crippen LogP contribution in [0.4, 0.5) is 0 Å². The van der Waals surface area contributed by atoms with Crippen LogP contribution in [0.1, 0.15) is 15.9 Å². The Balaban J connectivity index is 2.19. The topological polar surface area (TPSA) is 69.2 Å². The lowest BCUT2D eigenvalue weighted by Crippen LogP contribution is -2.17. The van der Waals surface area contributed by atoms with Crippen LogP contribution in [0.2, 0.25) is 0 Å². The van der Waals surface area contributed by atoms with Gasteiger partial charge in [-0.3, -0.25) is 4.79 Å². The summed E-state index contributed by atoms with van der Waals surface area (Å²) in [6, 6.07) is 10.4. The largest absolute Gasteiger partial charge is 0.496 e. The van der Waals surface area contributed by atoms with Gasteiger partial charge in [0, 0.05) is 22.2 Å². The molecule has 0 spiro atoms. The van der Waals surface area contributed by atoms with Crippen LogP contribution in [-0.2, 0) is 0 Å². The Kier molecular flexibility index (Phi) is 6.20. The molecule has 0 bridgehead atoms. The van der Waals surface area contributed by atoms with E-state index in [-0.39, 0.29) is 5.91 Å². The second kappa shape index (κ2) is 8.35. The maximum absolute atomic E-state index is 12.0. The van der Waals surface area contributed by atoms with E-state index in [1.165, 1.54) is 20.4 Å². The molecule has 0 saturated heterocycles. The zero-order valence-electron chi connectivity index (χ0n) is 13.5. The lowest BCUT2D eigenvalue weighted by molar-refractivity contribution is 0.0955. The SMILES string of the molecule is COc1cc(OC)c(/C=N/NC(=O)c2ccc(Br)cc2)c(OC)c1. The predicted molar refractivity (Wildman–Crippen MR) is 95.3 cm³/mol. The summed E-state index contributed by atoms with van der Waals surface area (Å²) in [5.74, 6) is 1.32. The Morgan fingerprint density at radius 3 is 2.12 bits per heavy atom. The molecule has 7 heteroatoms. The van der Waals surface area contributed by atoms with Gasteiger partial charge in [-0.05, 0) is 24.3 Å². The predicted octanol–water partition coefficient (Wildman–Crippen LogP) is 3.24. The summed E-state index contributed by atoms with van der Waals surface area (Å²) in [4.78, 5) is 12.0. The number of nitrogens with zero attached hydrogens (tertiary/aromatic N) is 1. The molecule has 1 amide bonds. The first kappa shape index (κ1) is 17.8. The number of carbonyl (C=O) groups excluding carboxylic acids is 1.